The number of hydrogen-bond donors (Lipinski definition) is 1. The van der Waals surface area contributed by atoms with Crippen LogP contribution in [-0.4, -0.2) is 63.2 Å². The average Bonchev–Trinajstić information content (AvgIpc) is 3.40. The number of hydrogen-bond acceptors (Lipinski definition) is 6. The second-order valence-corrected chi connectivity index (χ2v) is 9.15. The molecule has 0 radical (unpaired) electrons. The van der Waals surface area contributed by atoms with Gasteiger partial charge in [-0.3, -0.25) is 0 Å². The van der Waals surface area contributed by atoms with Gasteiger partial charge in [0.1, 0.15) is 0 Å². The fourth-order valence-electron chi connectivity index (χ4n) is 4.26. The topological polar surface area (TPSA) is 93.9 Å². The van der Waals surface area contributed by atoms with E-state index in [1.165, 1.54) is 18.1 Å². The minimum atomic E-state index is -4.31. The highest BCUT2D eigenvalue weighted by Crippen LogP contribution is 2.34. The molecule has 3 aromatic rings. The lowest BCUT2D eigenvalue weighted by atomic mass is 10.0. The van der Waals surface area contributed by atoms with Crippen LogP contribution in [0.15, 0.2) is 55.8 Å². The Morgan fingerprint density at radius 1 is 1.23 bits per heavy atom. The summed E-state index contributed by atoms with van der Waals surface area (Å²) in [4.78, 5) is 14.7. The molecule has 0 bridgehead atoms. The molecule has 40 heavy (non-hydrogen) atoms. The maximum Gasteiger partial charge on any atom is 0.389 e. The van der Waals surface area contributed by atoms with Gasteiger partial charge in [0.15, 0.2) is 0 Å². The molecule has 0 aliphatic heterocycles. The Hall–Kier alpha value is -4.09. The number of aromatic nitrogens is 4. The van der Waals surface area contributed by atoms with Gasteiger partial charge in [-0.05, 0) is 56.9 Å². The first kappa shape index (κ1) is 30.5. The largest absolute Gasteiger partial charge is 0.479 e. The van der Waals surface area contributed by atoms with Crippen molar-refractivity contribution in [3.63, 3.8) is 0 Å². The van der Waals surface area contributed by atoms with Gasteiger partial charge in [0.25, 0.3) is 0 Å². The first-order valence-corrected chi connectivity index (χ1v) is 13.0. The molecule has 3 rings (SSSR count). The van der Waals surface area contributed by atoms with E-state index in [0.29, 0.717) is 36.7 Å². The van der Waals surface area contributed by atoms with E-state index in [1.54, 1.807) is 36.7 Å². The second-order valence-electron chi connectivity index (χ2n) is 9.15. The summed E-state index contributed by atoms with van der Waals surface area (Å²) in [6.45, 7) is 11.6. The molecule has 0 fully saturated rings. The van der Waals surface area contributed by atoms with Crippen molar-refractivity contribution < 1.29 is 27.4 Å². The minimum Gasteiger partial charge on any atom is -0.479 e. The summed E-state index contributed by atoms with van der Waals surface area (Å²) in [5.41, 5.74) is 2.64. The van der Waals surface area contributed by atoms with Crippen LogP contribution < -0.4 is 14.8 Å². The molecule has 1 N–H and O–H groups in total. The van der Waals surface area contributed by atoms with Crippen LogP contribution in [-0.2, 0) is 0 Å². The number of carbonyl (C=O) groups is 1. The molecule has 12 heteroatoms. The number of alkyl halides is 3. The van der Waals surface area contributed by atoms with Crippen LogP contribution in [0.2, 0.25) is 0 Å². The summed E-state index contributed by atoms with van der Waals surface area (Å²) < 4.78 is 51.5. The molecule has 216 valence electrons. The molecule has 2 atom stereocenters. The van der Waals surface area contributed by atoms with E-state index >= 15 is 0 Å². The van der Waals surface area contributed by atoms with Crippen LogP contribution in [0.1, 0.15) is 51.3 Å². The molecular weight excluding hydrogens is 525 g/mol. The Kier molecular flexibility index (Phi) is 10.5. The van der Waals surface area contributed by atoms with Crippen LogP contribution in [0.3, 0.4) is 0 Å². The summed E-state index contributed by atoms with van der Waals surface area (Å²) in [6, 6.07) is 5.61. The number of rotatable bonds is 14. The molecular formula is C28H35F3N6O3. The maximum absolute atomic E-state index is 13.2. The Labute approximate surface area is 231 Å². The third-order valence-electron chi connectivity index (χ3n) is 6.37. The Morgan fingerprint density at radius 2 is 2.00 bits per heavy atom. The quantitative estimate of drug-likeness (QED) is 0.188. The number of ether oxygens (including phenoxy) is 2. The van der Waals surface area contributed by atoms with Crippen LogP contribution in [0.25, 0.3) is 16.6 Å². The number of carbonyl (C=O) groups excluding carboxylic acids is 1. The van der Waals surface area contributed by atoms with Crippen molar-refractivity contribution in [1.82, 2.24) is 30.0 Å². The predicted octanol–water partition coefficient (Wildman–Crippen LogP) is 6.13. The van der Waals surface area contributed by atoms with Crippen molar-refractivity contribution in [2.24, 2.45) is 0 Å². The van der Waals surface area contributed by atoms with E-state index in [2.05, 4.69) is 33.8 Å². The van der Waals surface area contributed by atoms with Crippen LogP contribution in [0.4, 0.5) is 18.0 Å². The smallest absolute Gasteiger partial charge is 0.389 e. The number of urea groups is 1. The van der Waals surface area contributed by atoms with E-state index in [0.717, 1.165) is 11.1 Å². The van der Waals surface area contributed by atoms with Gasteiger partial charge in [-0.1, -0.05) is 12.2 Å². The molecule has 0 saturated heterocycles. The van der Waals surface area contributed by atoms with Crippen LogP contribution in [0, 0.1) is 0 Å². The van der Waals surface area contributed by atoms with Gasteiger partial charge in [-0.2, -0.15) is 18.3 Å². The summed E-state index contributed by atoms with van der Waals surface area (Å²) in [5.74, 6) is 0.803. The lowest BCUT2D eigenvalue weighted by molar-refractivity contribution is -0.136. The normalized spacial score (nSPS) is 12.9. The van der Waals surface area contributed by atoms with E-state index in [4.69, 9.17) is 9.47 Å². The highest BCUT2D eigenvalue weighted by Gasteiger charge is 2.30. The van der Waals surface area contributed by atoms with E-state index in [9.17, 15) is 18.0 Å². The maximum atomic E-state index is 13.2. The molecule has 0 aliphatic carbocycles. The summed E-state index contributed by atoms with van der Waals surface area (Å²) >= 11 is 0. The van der Waals surface area contributed by atoms with Gasteiger partial charge in [0.05, 0.1) is 37.2 Å². The summed E-state index contributed by atoms with van der Waals surface area (Å²) in [7, 11) is 1.49. The third kappa shape index (κ3) is 7.73. The van der Waals surface area contributed by atoms with Gasteiger partial charge in [0.2, 0.25) is 11.8 Å². The van der Waals surface area contributed by atoms with Crippen LogP contribution >= 0.6 is 0 Å². The zero-order valence-corrected chi connectivity index (χ0v) is 22.9. The van der Waals surface area contributed by atoms with Gasteiger partial charge < -0.3 is 19.7 Å². The molecule has 0 aliphatic rings. The molecule has 3 heterocycles. The first-order valence-electron chi connectivity index (χ1n) is 13.0. The lowest BCUT2D eigenvalue weighted by Crippen LogP contribution is -2.46. The highest BCUT2D eigenvalue weighted by molar-refractivity contribution is 5.76. The first-order chi connectivity index (χ1) is 19.1. The molecule has 0 aromatic carbocycles. The van der Waals surface area contributed by atoms with E-state index in [1.807, 2.05) is 18.2 Å². The predicted molar refractivity (Wildman–Crippen MR) is 146 cm³/mol. The monoisotopic (exact) mass is 560 g/mol. The zero-order valence-electron chi connectivity index (χ0n) is 22.9. The van der Waals surface area contributed by atoms with Gasteiger partial charge in [0, 0.05) is 30.6 Å². The van der Waals surface area contributed by atoms with Gasteiger partial charge in [-0.15, -0.1) is 23.4 Å². The zero-order chi connectivity index (χ0) is 29.3. The van der Waals surface area contributed by atoms with Crippen LogP contribution in [0.5, 0.6) is 11.8 Å². The molecule has 0 spiro atoms. The van der Waals surface area contributed by atoms with Gasteiger partial charge >= 0.3 is 12.2 Å². The Morgan fingerprint density at radius 3 is 2.65 bits per heavy atom. The number of pyridine rings is 1. The Balaban J connectivity index is 1.91. The third-order valence-corrected chi connectivity index (χ3v) is 6.37. The molecule has 0 saturated carbocycles. The van der Waals surface area contributed by atoms with Crippen molar-refractivity contribution in [1.29, 1.82) is 0 Å². The number of fused-ring (bicyclic) bond motifs is 1. The number of nitrogens with one attached hydrogen (secondary N) is 1. The van der Waals surface area contributed by atoms with Gasteiger partial charge in [-0.25, -0.2) is 9.31 Å². The van der Waals surface area contributed by atoms with Crippen molar-refractivity contribution in [3.8, 4) is 22.9 Å². The molecule has 1 unspecified atom stereocenters. The second kappa shape index (κ2) is 13.8. The molecule has 3 aromatic heterocycles. The number of methoxy groups -OCH3 is 1. The fourth-order valence-corrected chi connectivity index (χ4v) is 4.26. The molecule has 9 nitrogen and oxygen atoms in total. The van der Waals surface area contributed by atoms with E-state index < -0.39 is 30.7 Å². The SMILES string of the molecule is C=CCCOc1cc(-c2cc(C(C)N(CC)C(=O)N[C@H](CC=C)CCC(F)(F)F)nnc2OC)cc2ccnn12. The van der Waals surface area contributed by atoms with E-state index in [-0.39, 0.29) is 18.7 Å². The van der Waals surface area contributed by atoms with Crippen molar-refractivity contribution >= 4 is 11.5 Å². The number of nitrogens with zero attached hydrogens (tertiary/aromatic N) is 5. The fraction of sp³-hybridized carbons (Fsp3) is 0.429. The molecule has 2 amide bonds. The average molecular weight is 561 g/mol. The minimum absolute atomic E-state index is 0.217. The van der Waals surface area contributed by atoms with Crippen molar-refractivity contribution in [2.45, 2.75) is 57.8 Å². The standard InChI is InChI=1S/C28H35F3N6O3/c1-6-9-15-40-25-17-20(16-22-12-14-32-37(22)25)23-18-24(34-35-26(23)39-5)19(4)36(8-3)27(38)33-21(10-7-2)11-13-28(29,30)31/h6-7,12,14,16-19,21H,1-2,8-11,13,15H2,3-5H3,(H,33,38)/t19?,21-/m1/s1. The summed E-state index contributed by atoms with van der Waals surface area (Å²) in [6.07, 6.45) is 0.250. The Bertz CT molecular complexity index is 1310. The number of amides is 2. The van der Waals surface area contributed by atoms with Crippen molar-refractivity contribution in [2.75, 3.05) is 20.3 Å². The lowest BCUT2D eigenvalue weighted by Gasteiger charge is -2.30. The summed E-state index contributed by atoms with van der Waals surface area (Å²) in [5, 5.41) is 15.6. The highest BCUT2D eigenvalue weighted by atomic mass is 19.4. The number of halogens is 3. The van der Waals surface area contributed by atoms with Crippen molar-refractivity contribution in [3.05, 3.63) is 61.5 Å².